The maximum atomic E-state index is 11.2. The van der Waals surface area contributed by atoms with Crippen LogP contribution in [0.15, 0.2) is 46.1 Å². The third-order valence-corrected chi connectivity index (χ3v) is 3.24. The lowest BCUT2D eigenvalue weighted by Gasteiger charge is -2.10. The van der Waals surface area contributed by atoms with Crippen molar-refractivity contribution in [1.29, 1.82) is 0 Å². The van der Waals surface area contributed by atoms with Crippen molar-refractivity contribution >= 4 is 11.9 Å². The van der Waals surface area contributed by atoms with Crippen LogP contribution in [0.3, 0.4) is 0 Å². The van der Waals surface area contributed by atoms with Gasteiger partial charge in [-0.1, -0.05) is 12.2 Å². The van der Waals surface area contributed by atoms with E-state index in [1.165, 1.54) is 6.08 Å². The average Bonchev–Trinajstić information content (AvgIpc) is 2.87. The molecule has 3 aliphatic rings. The van der Waals surface area contributed by atoms with E-state index in [4.69, 9.17) is 10.2 Å². The molecular formula is C12H8O4. The Kier molecular flexibility index (Phi) is 1.56. The van der Waals surface area contributed by atoms with E-state index in [9.17, 15) is 9.59 Å². The Hall–Kier alpha value is -2.10. The number of hydrogen-bond acceptors (Lipinski definition) is 2. The molecular weight excluding hydrogens is 208 g/mol. The smallest absolute Gasteiger partial charge is 0.332 e. The Labute approximate surface area is 90.9 Å². The van der Waals surface area contributed by atoms with Crippen LogP contribution in [0, 0.1) is 5.92 Å². The maximum Gasteiger partial charge on any atom is 0.332 e. The predicted octanol–water partition coefficient (Wildman–Crippen LogP) is 1.28. The molecule has 4 nitrogen and oxygen atoms in total. The summed E-state index contributed by atoms with van der Waals surface area (Å²) in [5, 5.41) is 18.1. The van der Waals surface area contributed by atoms with Gasteiger partial charge in [0.1, 0.15) is 5.92 Å². The first kappa shape index (κ1) is 9.15. The van der Waals surface area contributed by atoms with Crippen LogP contribution in [0.25, 0.3) is 0 Å². The number of hydrogen-bond donors (Lipinski definition) is 2. The number of carbonyl (C=O) groups is 2. The quantitative estimate of drug-likeness (QED) is 0.729. The van der Waals surface area contributed by atoms with Gasteiger partial charge in [-0.05, 0) is 34.8 Å². The Balaban J connectivity index is 2.21. The lowest BCUT2D eigenvalue weighted by atomic mass is 9.92. The Morgan fingerprint density at radius 1 is 1.19 bits per heavy atom. The molecule has 4 heteroatoms. The summed E-state index contributed by atoms with van der Waals surface area (Å²) in [6.07, 6.45) is 6.05. The van der Waals surface area contributed by atoms with E-state index in [0.717, 1.165) is 23.1 Å². The molecule has 1 atom stereocenters. The molecule has 0 radical (unpaired) electrons. The fraction of sp³-hybridized carbons (Fsp3) is 0.167. The second-order valence-electron chi connectivity index (χ2n) is 4.06. The first-order valence-corrected chi connectivity index (χ1v) is 4.92. The summed E-state index contributed by atoms with van der Waals surface area (Å²) in [5.41, 5.74) is 3.44. The van der Waals surface area contributed by atoms with Gasteiger partial charge in [0.2, 0.25) is 0 Å². The van der Waals surface area contributed by atoms with Gasteiger partial charge < -0.3 is 10.2 Å². The van der Waals surface area contributed by atoms with Crippen molar-refractivity contribution in [3.8, 4) is 0 Å². The summed E-state index contributed by atoms with van der Waals surface area (Å²) in [5.74, 6) is -3.24. The topological polar surface area (TPSA) is 74.6 Å². The summed E-state index contributed by atoms with van der Waals surface area (Å²) < 4.78 is 0. The van der Waals surface area contributed by atoms with Crippen molar-refractivity contribution in [3.05, 3.63) is 46.1 Å². The van der Waals surface area contributed by atoms with Crippen molar-refractivity contribution in [2.24, 2.45) is 5.92 Å². The number of fused-ring (bicyclic) bond motifs is 3. The molecule has 0 amide bonds. The van der Waals surface area contributed by atoms with Crippen molar-refractivity contribution in [3.63, 3.8) is 0 Å². The summed E-state index contributed by atoms with van der Waals surface area (Å²) in [6, 6.07) is 0. The van der Waals surface area contributed by atoms with E-state index in [0.29, 0.717) is 5.57 Å². The molecule has 3 aliphatic carbocycles. The molecule has 2 bridgehead atoms. The number of rotatable bonds is 2. The van der Waals surface area contributed by atoms with Gasteiger partial charge in [0.25, 0.3) is 0 Å². The molecule has 0 fully saturated rings. The van der Waals surface area contributed by atoms with E-state index in [-0.39, 0.29) is 5.57 Å². The summed E-state index contributed by atoms with van der Waals surface area (Å²) in [6.45, 7) is 0. The average molecular weight is 216 g/mol. The van der Waals surface area contributed by atoms with Gasteiger partial charge in [-0.15, -0.1) is 0 Å². The monoisotopic (exact) mass is 216 g/mol. The Bertz CT molecular complexity index is 558. The molecule has 0 aromatic heterocycles. The Morgan fingerprint density at radius 2 is 1.88 bits per heavy atom. The van der Waals surface area contributed by atoms with Gasteiger partial charge in [0.05, 0.1) is 5.57 Å². The minimum Gasteiger partial charge on any atom is -0.481 e. The zero-order chi connectivity index (χ0) is 11.4. The third-order valence-electron chi connectivity index (χ3n) is 3.24. The van der Waals surface area contributed by atoms with Gasteiger partial charge in [0.15, 0.2) is 0 Å². The third kappa shape index (κ3) is 0.934. The maximum absolute atomic E-state index is 11.2. The summed E-state index contributed by atoms with van der Waals surface area (Å²) >= 11 is 0. The zero-order valence-corrected chi connectivity index (χ0v) is 8.23. The van der Waals surface area contributed by atoms with E-state index < -0.39 is 17.9 Å². The molecule has 80 valence electrons. The summed E-state index contributed by atoms with van der Waals surface area (Å²) in [4.78, 5) is 22.1. The van der Waals surface area contributed by atoms with Crippen molar-refractivity contribution < 1.29 is 19.8 Å². The van der Waals surface area contributed by atoms with Crippen molar-refractivity contribution in [2.75, 3.05) is 0 Å². The molecule has 0 saturated carbocycles. The highest BCUT2D eigenvalue weighted by Gasteiger charge is 2.42. The van der Waals surface area contributed by atoms with Gasteiger partial charge in [-0.25, -0.2) is 4.79 Å². The zero-order valence-electron chi connectivity index (χ0n) is 8.23. The van der Waals surface area contributed by atoms with Crippen LogP contribution < -0.4 is 0 Å². The van der Waals surface area contributed by atoms with E-state index in [1.54, 1.807) is 0 Å². The standard InChI is InChI=1S/C12H8O4/c13-11(14)8-4-7-5-1-2-6(3-5)9(7)10(8)12(15)16/h1-2,4,10H,3H2,(H,13,14)(H,15,16). The molecule has 0 saturated heterocycles. The Morgan fingerprint density at radius 3 is 2.50 bits per heavy atom. The molecule has 0 aromatic carbocycles. The molecule has 1 unspecified atom stereocenters. The fourth-order valence-electron chi connectivity index (χ4n) is 2.59. The number of carboxylic acids is 2. The van der Waals surface area contributed by atoms with Gasteiger partial charge in [0, 0.05) is 0 Å². The normalized spacial score (nSPS) is 25.2. The highest BCUT2D eigenvalue weighted by Crippen LogP contribution is 2.49. The molecule has 0 aliphatic heterocycles. The molecule has 16 heavy (non-hydrogen) atoms. The predicted molar refractivity (Wildman–Crippen MR) is 54.7 cm³/mol. The van der Waals surface area contributed by atoms with Crippen LogP contribution >= 0.6 is 0 Å². The summed E-state index contributed by atoms with van der Waals surface area (Å²) in [7, 11) is 0. The van der Waals surface area contributed by atoms with Crippen molar-refractivity contribution in [1.82, 2.24) is 0 Å². The van der Waals surface area contributed by atoms with E-state index in [2.05, 4.69) is 0 Å². The first-order valence-electron chi connectivity index (χ1n) is 4.92. The van der Waals surface area contributed by atoms with Gasteiger partial charge >= 0.3 is 11.9 Å². The number of allylic oxidation sites excluding steroid dienone is 6. The lowest BCUT2D eigenvalue weighted by Crippen LogP contribution is -2.20. The van der Waals surface area contributed by atoms with Crippen molar-refractivity contribution in [2.45, 2.75) is 6.42 Å². The SMILES string of the molecule is O=C(O)C1=CC2=C3C=CC(=C2C1C(=O)O)C3. The van der Waals surface area contributed by atoms with Crippen LogP contribution in [-0.4, -0.2) is 22.2 Å². The molecule has 3 rings (SSSR count). The minimum absolute atomic E-state index is 0.0316. The second kappa shape index (κ2) is 2.72. The number of aliphatic carboxylic acids is 2. The van der Waals surface area contributed by atoms with Crippen LogP contribution in [-0.2, 0) is 9.59 Å². The highest BCUT2D eigenvalue weighted by molar-refractivity contribution is 6.00. The van der Waals surface area contributed by atoms with Crippen LogP contribution in [0.4, 0.5) is 0 Å². The molecule has 2 N–H and O–H groups in total. The molecule has 0 aromatic rings. The largest absolute Gasteiger partial charge is 0.481 e. The van der Waals surface area contributed by atoms with E-state index in [1.807, 2.05) is 12.2 Å². The highest BCUT2D eigenvalue weighted by atomic mass is 16.4. The molecule has 0 spiro atoms. The van der Waals surface area contributed by atoms with E-state index >= 15 is 0 Å². The van der Waals surface area contributed by atoms with Crippen LogP contribution in [0.1, 0.15) is 6.42 Å². The van der Waals surface area contributed by atoms with Crippen LogP contribution in [0.5, 0.6) is 0 Å². The second-order valence-corrected chi connectivity index (χ2v) is 4.06. The fourth-order valence-corrected chi connectivity index (χ4v) is 2.59. The number of carboxylic acid groups (broad SMARTS) is 2. The first-order chi connectivity index (χ1) is 7.59. The lowest BCUT2D eigenvalue weighted by molar-refractivity contribution is -0.142. The van der Waals surface area contributed by atoms with Gasteiger partial charge in [-0.2, -0.15) is 0 Å². The van der Waals surface area contributed by atoms with Gasteiger partial charge in [-0.3, -0.25) is 4.79 Å². The molecule has 0 heterocycles. The van der Waals surface area contributed by atoms with Crippen LogP contribution in [0.2, 0.25) is 0 Å². The minimum atomic E-state index is -1.15.